The number of nitrogens with zero attached hydrogens (tertiary/aromatic N) is 1. The molecular weight excluding hydrogens is 467 g/mol. The van der Waals surface area contributed by atoms with Crippen molar-refractivity contribution in [3.05, 3.63) is 101 Å². The first-order valence-electron chi connectivity index (χ1n) is 11.6. The van der Waals surface area contributed by atoms with Gasteiger partial charge < -0.3 is 15.0 Å². The van der Waals surface area contributed by atoms with Gasteiger partial charge in [-0.25, -0.2) is 4.39 Å². The van der Waals surface area contributed by atoms with Crippen molar-refractivity contribution in [2.45, 2.75) is 32.9 Å². The second-order valence-electron chi connectivity index (χ2n) is 8.70. The molecule has 0 fully saturated rings. The first kappa shape index (κ1) is 26.2. The monoisotopic (exact) mass is 496 g/mol. The molecule has 3 rings (SSSR count). The Labute approximate surface area is 210 Å². The zero-order valence-corrected chi connectivity index (χ0v) is 20.7. The highest BCUT2D eigenvalue weighted by molar-refractivity contribution is 6.30. The fourth-order valence-electron chi connectivity index (χ4n) is 3.55. The first-order valence-corrected chi connectivity index (χ1v) is 11.9. The van der Waals surface area contributed by atoms with Crippen LogP contribution in [-0.4, -0.2) is 35.9 Å². The standard InChI is InChI=1S/C28H30ClFN2O3/c1-20(2)17-31-28(34)26(16-21-8-4-3-5-9-21)32(18-22-10-6-7-11-25(22)30)27(33)19-35-24-14-12-23(29)13-15-24/h3-15,20,26H,16-19H2,1-2H3,(H,31,34)/t26-/m1/s1. The van der Waals surface area contributed by atoms with Gasteiger partial charge in [0.2, 0.25) is 5.91 Å². The van der Waals surface area contributed by atoms with Crippen LogP contribution in [0.15, 0.2) is 78.9 Å². The molecule has 2 amide bonds. The lowest BCUT2D eigenvalue weighted by Crippen LogP contribution is -2.52. The molecule has 0 aliphatic rings. The Balaban J connectivity index is 1.90. The van der Waals surface area contributed by atoms with E-state index in [4.69, 9.17) is 16.3 Å². The van der Waals surface area contributed by atoms with E-state index in [-0.39, 0.29) is 31.4 Å². The van der Waals surface area contributed by atoms with E-state index < -0.39 is 17.8 Å². The number of hydrogen-bond donors (Lipinski definition) is 1. The molecule has 35 heavy (non-hydrogen) atoms. The van der Waals surface area contributed by atoms with Gasteiger partial charge in [0.15, 0.2) is 6.61 Å². The van der Waals surface area contributed by atoms with Crippen molar-refractivity contribution in [2.24, 2.45) is 5.92 Å². The van der Waals surface area contributed by atoms with Crippen molar-refractivity contribution >= 4 is 23.4 Å². The summed E-state index contributed by atoms with van der Waals surface area (Å²) in [5, 5.41) is 3.49. The number of carbonyl (C=O) groups excluding carboxylic acids is 2. The minimum Gasteiger partial charge on any atom is -0.484 e. The molecule has 3 aromatic carbocycles. The van der Waals surface area contributed by atoms with Crippen LogP contribution in [0.25, 0.3) is 0 Å². The molecule has 0 aliphatic heterocycles. The molecule has 0 aliphatic carbocycles. The predicted molar refractivity (Wildman–Crippen MR) is 136 cm³/mol. The summed E-state index contributed by atoms with van der Waals surface area (Å²) in [6.45, 7) is 4.08. The number of amides is 2. The Morgan fingerprint density at radius 1 is 0.971 bits per heavy atom. The molecule has 3 aromatic rings. The summed E-state index contributed by atoms with van der Waals surface area (Å²) in [5.74, 6) is -0.453. The number of nitrogens with one attached hydrogen (secondary N) is 1. The molecule has 1 atom stereocenters. The topological polar surface area (TPSA) is 58.6 Å². The molecule has 0 unspecified atom stereocenters. The van der Waals surface area contributed by atoms with Crippen LogP contribution < -0.4 is 10.1 Å². The third-order valence-electron chi connectivity index (χ3n) is 5.43. The highest BCUT2D eigenvalue weighted by atomic mass is 35.5. The maximum atomic E-state index is 14.6. The summed E-state index contributed by atoms with van der Waals surface area (Å²) in [7, 11) is 0. The maximum Gasteiger partial charge on any atom is 0.261 e. The van der Waals surface area contributed by atoms with Crippen LogP contribution in [0.4, 0.5) is 4.39 Å². The molecule has 0 heterocycles. The van der Waals surface area contributed by atoms with Crippen molar-refractivity contribution in [3.8, 4) is 5.75 Å². The average molecular weight is 497 g/mol. The van der Waals surface area contributed by atoms with E-state index in [2.05, 4.69) is 5.32 Å². The summed E-state index contributed by atoms with van der Waals surface area (Å²) in [5.41, 5.74) is 1.21. The van der Waals surface area contributed by atoms with Gasteiger partial charge in [0.25, 0.3) is 5.91 Å². The van der Waals surface area contributed by atoms with Crippen LogP contribution in [-0.2, 0) is 22.6 Å². The van der Waals surface area contributed by atoms with E-state index in [0.717, 1.165) is 5.56 Å². The van der Waals surface area contributed by atoms with Crippen LogP contribution in [0, 0.1) is 11.7 Å². The minimum atomic E-state index is -0.850. The van der Waals surface area contributed by atoms with Gasteiger partial charge in [-0.15, -0.1) is 0 Å². The molecule has 0 radical (unpaired) electrons. The number of rotatable bonds is 11. The van der Waals surface area contributed by atoms with Crippen molar-refractivity contribution < 1.29 is 18.7 Å². The van der Waals surface area contributed by atoms with Crippen LogP contribution in [0.5, 0.6) is 5.75 Å². The van der Waals surface area contributed by atoms with Crippen LogP contribution in [0.2, 0.25) is 5.02 Å². The second-order valence-corrected chi connectivity index (χ2v) is 9.14. The van der Waals surface area contributed by atoms with E-state index in [9.17, 15) is 14.0 Å². The Morgan fingerprint density at radius 3 is 2.29 bits per heavy atom. The smallest absolute Gasteiger partial charge is 0.261 e. The third-order valence-corrected chi connectivity index (χ3v) is 5.68. The summed E-state index contributed by atoms with van der Waals surface area (Å²) in [4.78, 5) is 28.2. The highest BCUT2D eigenvalue weighted by Gasteiger charge is 2.31. The SMILES string of the molecule is CC(C)CNC(=O)[C@@H](Cc1ccccc1)N(Cc1ccccc1F)C(=O)COc1ccc(Cl)cc1. The van der Waals surface area contributed by atoms with Crippen molar-refractivity contribution in [2.75, 3.05) is 13.2 Å². The molecule has 184 valence electrons. The summed E-state index contributed by atoms with van der Waals surface area (Å²) in [6.07, 6.45) is 0.284. The lowest BCUT2D eigenvalue weighted by molar-refractivity contribution is -0.142. The molecular formula is C28H30ClFN2O3. The molecule has 0 spiro atoms. The maximum absolute atomic E-state index is 14.6. The van der Waals surface area contributed by atoms with E-state index in [1.165, 1.54) is 11.0 Å². The predicted octanol–water partition coefficient (Wildman–Crippen LogP) is 5.27. The first-order chi connectivity index (χ1) is 16.8. The molecule has 7 heteroatoms. The van der Waals surface area contributed by atoms with Crippen LogP contribution in [0.1, 0.15) is 25.0 Å². The second kappa shape index (κ2) is 12.9. The van der Waals surface area contributed by atoms with Crippen molar-refractivity contribution in [1.82, 2.24) is 10.2 Å². The number of hydrogen-bond acceptors (Lipinski definition) is 3. The van der Waals surface area contributed by atoms with E-state index in [1.54, 1.807) is 42.5 Å². The van der Waals surface area contributed by atoms with Crippen molar-refractivity contribution in [3.63, 3.8) is 0 Å². The van der Waals surface area contributed by atoms with Gasteiger partial charge in [-0.3, -0.25) is 9.59 Å². The normalized spacial score (nSPS) is 11.7. The summed E-state index contributed by atoms with van der Waals surface area (Å²) < 4.78 is 20.2. The quantitative estimate of drug-likeness (QED) is 0.393. The van der Waals surface area contributed by atoms with Gasteiger partial charge in [0.05, 0.1) is 0 Å². The van der Waals surface area contributed by atoms with E-state index >= 15 is 0 Å². The Kier molecular flexibility index (Phi) is 9.67. The Hall–Kier alpha value is -3.38. The fourth-order valence-corrected chi connectivity index (χ4v) is 3.67. The fraction of sp³-hybridized carbons (Fsp3) is 0.286. The van der Waals surface area contributed by atoms with Gasteiger partial charge in [-0.2, -0.15) is 0 Å². The molecule has 0 saturated heterocycles. The largest absolute Gasteiger partial charge is 0.484 e. The molecule has 0 saturated carbocycles. The van der Waals surface area contributed by atoms with E-state index in [0.29, 0.717) is 22.9 Å². The zero-order chi connectivity index (χ0) is 25.2. The van der Waals surface area contributed by atoms with E-state index in [1.807, 2.05) is 44.2 Å². The number of benzene rings is 3. The molecule has 0 bridgehead atoms. The highest BCUT2D eigenvalue weighted by Crippen LogP contribution is 2.19. The molecule has 0 aromatic heterocycles. The minimum absolute atomic E-state index is 0.0674. The molecule has 1 N–H and O–H groups in total. The number of ether oxygens (including phenoxy) is 1. The van der Waals surface area contributed by atoms with Gasteiger partial charge >= 0.3 is 0 Å². The zero-order valence-electron chi connectivity index (χ0n) is 19.9. The van der Waals surface area contributed by atoms with Crippen molar-refractivity contribution in [1.29, 1.82) is 0 Å². The average Bonchev–Trinajstić information content (AvgIpc) is 2.85. The lowest BCUT2D eigenvalue weighted by atomic mass is 10.0. The summed E-state index contributed by atoms with van der Waals surface area (Å²) >= 11 is 5.92. The lowest BCUT2D eigenvalue weighted by Gasteiger charge is -2.31. The van der Waals surface area contributed by atoms with Crippen LogP contribution >= 0.6 is 11.6 Å². The molecule has 5 nitrogen and oxygen atoms in total. The Bertz CT molecular complexity index is 1110. The number of carbonyl (C=O) groups is 2. The van der Waals surface area contributed by atoms with Gasteiger partial charge in [-0.1, -0.05) is 74.0 Å². The third kappa shape index (κ3) is 8.11. The summed E-state index contributed by atoms with van der Waals surface area (Å²) in [6, 6.07) is 21.5. The number of halogens is 2. The van der Waals surface area contributed by atoms with Crippen LogP contribution in [0.3, 0.4) is 0 Å². The van der Waals surface area contributed by atoms with Gasteiger partial charge in [0.1, 0.15) is 17.6 Å². The Morgan fingerprint density at radius 2 is 1.63 bits per heavy atom. The van der Waals surface area contributed by atoms with Gasteiger partial charge in [0, 0.05) is 30.1 Å². The van der Waals surface area contributed by atoms with Gasteiger partial charge in [-0.05, 0) is 41.8 Å².